The van der Waals surface area contributed by atoms with Gasteiger partial charge in [-0.25, -0.2) is 9.97 Å². The first-order valence-electron chi connectivity index (χ1n) is 6.96. The third-order valence-corrected chi connectivity index (χ3v) is 4.85. The zero-order chi connectivity index (χ0) is 13.9. The maximum Gasteiger partial charge on any atom is 0.160 e. The van der Waals surface area contributed by atoms with E-state index in [4.69, 9.17) is 11.6 Å². The van der Waals surface area contributed by atoms with E-state index in [2.05, 4.69) is 25.5 Å². The van der Waals surface area contributed by atoms with Crippen molar-refractivity contribution in [1.29, 1.82) is 0 Å². The predicted molar refractivity (Wildman–Crippen MR) is 85.6 cm³/mol. The zero-order valence-electron chi connectivity index (χ0n) is 11.7. The molecule has 1 aliphatic rings. The summed E-state index contributed by atoms with van der Waals surface area (Å²) in [7, 11) is 0. The summed E-state index contributed by atoms with van der Waals surface area (Å²) in [5.41, 5.74) is 3.05. The second kappa shape index (κ2) is 6.33. The number of hydrogen-bond donors (Lipinski definition) is 0. The van der Waals surface area contributed by atoms with Crippen LogP contribution in [-0.4, -0.2) is 50.6 Å². The Morgan fingerprint density at radius 1 is 1.30 bits per heavy atom. The van der Waals surface area contributed by atoms with Crippen LogP contribution < -0.4 is 0 Å². The van der Waals surface area contributed by atoms with E-state index < -0.39 is 0 Å². The van der Waals surface area contributed by atoms with E-state index in [1.54, 1.807) is 0 Å². The van der Waals surface area contributed by atoms with E-state index in [1.165, 1.54) is 24.6 Å². The number of hydrogen-bond acceptors (Lipinski definition) is 4. The third kappa shape index (κ3) is 2.95. The van der Waals surface area contributed by atoms with E-state index >= 15 is 0 Å². The molecule has 0 spiro atoms. The minimum absolute atomic E-state index is 0.436. The Morgan fingerprint density at radius 3 is 2.85 bits per heavy atom. The molecule has 2 aromatic rings. The number of imidazole rings is 1. The lowest BCUT2D eigenvalue weighted by molar-refractivity contribution is 0.289. The minimum atomic E-state index is 0.436. The highest BCUT2D eigenvalue weighted by Gasteiger charge is 2.14. The van der Waals surface area contributed by atoms with Gasteiger partial charge in [-0.2, -0.15) is 11.8 Å². The Kier molecular flexibility index (Phi) is 4.48. The summed E-state index contributed by atoms with van der Waals surface area (Å²) in [5.74, 6) is 3.84. The van der Waals surface area contributed by atoms with Crippen LogP contribution in [0.5, 0.6) is 0 Å². The number of rotatable bonds is 4. The van der Waals surface area contributed by atoms with Gasteiger partial charge in [-0.15, -0.1) is 11.6 Å². The molecule has 1 aliphatic heterocycles. The van der Waals surface area contributed by atoms with E-state index in [1.807, 2.05) is 24.9 Å². The van der Waals surface area contributed by atoms with Gasteiger partial charge in [0.1, 0.15) is 11.3 Å². The quantitative estimate of drug-likeness (QED) is 0.813. The summed E-state index contributed by atoms with van der Waals surface area (Å²) in [6.07, 6.45) is 1.90. The van der Waals surface area contributed by atoms with Crippen molar-refractivity contribution in [3.8, 4) is 0 Å². The van der Waals surface area contributed by atoms with Crippen molar-refractivity contribution in [3.05, 3.63) is 23.7 Å². The number of alkyl halides is 1. The van der Waals surface area contributed by atoms with Gasteiger partial charge in [-0.1, -0.05) is 0 Å². The molecule has 4 nitrogen and oxygen atoms in total. The maximum absolute atomic E-state index is 6.04. The maximum atomic E-state index is 6.04. The summed E-state index contributed by atoms with van der Waals surface area (Å²) in [6.45, 7) is 6.36. The minimum Gasteiger partial charge on any atom is -0.310 e. The Labute approximate surface area is 128 Å². The van der Waals surface area contributed by atoms with Crippen LogP contribution in [0.1, 0.15) is 11.4 Å². The fourth-order valence-electron chi connectivity index (χ4n) is 2.56. The van der Waals surface area contributed by atoms with Gasteiger partial charge in [0, 0.05) is 43.9 Å². The Balaban J connectivity index is 1.81. The fourth-order valence-corrected chi connectivity index (χ4v) is 3.74. The molecule has 0 bridgehead atoms. The summed E-state index contributed by atoms with van der Waals surface area (Å²) in [6, 6.07) is 2.08. The zero-order valence-corrected chi connectivity index (χ0v) is 13.3. The molecule has 0 saturated carbocycles. The van der Waals surface area contributed by atoms with Gasteiger partial charge < -0.3 is 4.57 Å². The van der Waals surface area contributed by atoms with Crippen LogP contribution in [0, 0.1) is 6.92 Å². The van der Waals surface area contributed by atoms with Gasteiger partial charge in [0.25, 0.3) is 0 Å². The first kappa shape index (κ1) is 14.2. The van der Waals surface area contributed by atoms with Gasteiger partial charge in [0.15, 0.2) is 5.65 Å². The van der Waals surface area contributed by atoms with Crippen molar-refractivity contribution in [3.63, 3.8) is 0 Å². The second-order valence-corrected chi connectivity index (χ2v) is 6.61. The van der Waals surface area contributed by atoms with Crippen LogP contribution in [0.15, 0.2) is 12.3 Å². The summed E-state index contributed by atoms with van der Waals surface area (Å²) < 4.78 is 2.17. The fraction of sp³-hybridized carbons (Fsp3) is 0.571. The molecule has 0 radical (unpaired) electrons. The van der Waals surface area contributed by atoms with Crippen molar-refractivity contribution in [2.24, 2.45) is 0 Å². The average Bonchev–Trinajstić information content (AvgIpc) is 2.83. The molecule has 1 saturated heterocycles. The van der Waals surface area contributed by atoms with Crippen molar-refractivity contribution in [1.82, 2.24) is 19.4 Å². The van der Waals surface area contributed by atoms with Crippen LogP contribution in [0.25, 0.3) is 11.2 Å². The van der Waals surface area contributed by atoms with Gasteiger partial charge in [0.05, 0.1) is 5.88 Å². The molecule has 6 heteroatoms. The van der Waals surface area contributed by atoms with Gasteiger partial charge in [-0.05, 0) is 18.6 Å². The van der Waals surface area contributed by atoms with Gasteiger partial charge in [-0.3, -0.25) is 4.90 Å². The third-order valence-electron chi connectivity index (χ3n) is 3.66. The van der Waals surface area contributed by atoms with E-state index in [0.29, 0.717) is 5.88 Å². The first-order valence-corrected chi connectivity index (χ1v) is 8.64. The van der Waals surface area contributed by atoms with Crippen LogP contribution in [0.3, 0.4) is 0 Å². The molecule has 20 heavy (non-hydrogen) atoms. The average molecular weight is 311 g/mol. The second-order valence-electron chi connectivity index (χ2n) is 5.12. The number of pyridine rings is 1. The first-order chi connectivity index (χ1) is 9.78. The van der Waals surface area contributed by atoms with Gasteiger partial charge in [0.2, 0.25) is 0 Å². The molecule has 0 unspecified atom stereocenters. The largest absolute Gasteiger partial charge is 0.310 e. The van der Waals surface area contributed by atoms with Crippen molar-refractivity contribution < 1.29 is 0 Å². The molecule has 1 fully saturated rings. The highest BCUT2D eigenvalue weighted by molar-refractivity contribution is 7.99. The molecule has 0 aromatic carbocycles. The van der Waals surface area contributed by atoms with Crippen LogP contribution in [0.2, 0.25) is 0 Å². The number of fused-ring (bicyclic) bond motifs is 1. The predicted octanol–water partition coefficient (Wildman–Crippen LogP) is 2.53. The molecule has 2 aromatic heterocycles. The van der Waals surface area contributed by atoms with Crippen molar-refractivity contribution in [2.75, 3.05) is 31.1 Å². The number of thioether (sulfide) groups is 1. The number of aromatic nitrogens is 3. The molecule has 3 rings (SSSR count). The summed E-state index contributed by atoms with van der Waals surface area (Å²) in [5, 5.41) is 0. The molecular weight excluding hydrogens is 292 g/mol. The molecule has 3 heterocycles. The SMILES string of the molecule is Cc1cnc2c(c1)nc(CCl)n2CCN1CCSCC1. The Morgan fingerprint density at radius 2 is 2.10 bits per heavy atom. The molecule has 0 amide bonds. The monoisotopic (exact) mass is 310 g/mol. The topological polar surface area (TPSA) is 34.0 Å². The number of nitrogens with zero attached hydrogens (tertiary/aromatic N) is 4. The van der Waals surface area contributed by atoms with Crippen molar-refractivity contribution in [2.45, 2.75) is 19.3 Å². The number of halogens is 1. The lowest BCUT2D eigenvalue weighted by atomic mass is 10.3. The standard InChI is InChI=1S/C14H19ClN4S/c1-11-8-12-14(16-10-11)19(13(9-15)17-12)3-2-18-4-6-20-7-5-18/h8,10H,2-7,9H2,1H3. The highest BCUT2D eigenvalue weighted by Crippen LogP contribution is 2.17. The van der Waals surface area contributed by atoms with Crippen molar-refractivity contribution >= 4 is 34.5 Å². The summed E-state index contributed by atoms with van der Waals surface area (Å²) in [4.78, 5) is 11.6. The summed E-state index contributed by atoms with van der Waals surface area (Å²) >= 11 is 8.08. The normalized spacial score (nSPS) is 16.9. The van der Waals surface area contributed by atoms with E-state index in [-0.39, 0.29) is 0 Å². The van der Waals surface area contributed by atoms with Crippen LogP contribution in [0.4, 0.5) is 0 Å². The van der Waals surface area contributed by atoms with E-state index in [9.17, 15) is 0 Å². The lowest BCUT2D eigenvalue weighted by Gasteiger charge is -2.26. The van der Waals surface area contributed by atoms with Crippen LogP contribution >= 0.6 is 23.4 Å². The molecule has 0 atom stereocenters. The molecule has 0 N–H and O–H groups in total. The smallest absolute Gasteiger partial charge is 0.160 e. The molecular formula is C14H19ClN4S. The molecule has 0 aliphatic carbocycles. The number of aryl methyl sites for hydroxylation is 1. The molecule has 108 valence electrons. The lowest BCUT2D eigenvalue weighted by Crippen LogP contribution is -2.35. The van der Waals surface area contributed by atoms with Gasteiger partial charge >= 0.3 is 0 Å². The Bertz CT molecular complexity index is 592. The Hall–Kier alpha value is -0.780. The van der Waals surface area contributed by atoms with Crippen LogP contribution in [-0.2, 0) is 12.4 Å². The highest BCUT2D eigenvalue weighted by atomic mass is 35.5. The van der Waals surface area contributed by atoms with E-state index in [0.717, 1.165) is 35.6 Å².